The number of nitrogens with one attached hydrogen (secondary N) is 1. The Bertz CT molecular complexity index is 961. The maximum absolute atomic E-state index is 5.33. The van der Waals surface area contributed by atoms with Crippen LogP contribution < -0.4 is 10.1 Å². The van der Waals surface area contributed by atoms with Crippen molar-refractivity contribution < 1.29 is 4.74 Å². The summed E-state index contributed by atoms with van der Waals surface area (Å²) in [5, 5.41) is 6.13. The van der Waals surface area contributed by atoms with Crippen LogP contribution in [0, 0.1) is 0 Å². The molecule has 3 aromatic rings. The van der Waals surface area contributed by atoms with E-state index in [9.17, 15) is 0 Å². The molecule has 0 radical (unpaired) electrons. The highest BCUT2D eigenvalue weighted by Crippen LogP contribution is 2.29. The lowest BCUT2D eigenvalue weighted by atomic mass is 9.94. The summed E-state index contributed by atoms with van der Waals surface area (Å²) >= 11 is 0. The summed E-state index contributed by atoms with van der Waals surface area (Å²) < 4.78 is 5.33. The number of nitrogens with zero attached hydrogens (tertiary/aromatic N) is 2. The molecular weight excluding hydrogens is 346 g/mol. The number of benzene rings is 2. The number of fused-ring (bicyclic) bond motifs is 1. The molecule has 0 unspecified atom stereocenters. The molecule has 0 fully saturated rings. The molecule has 4 nitrogen and oxygen atoms in total. The lowest BCUT2D eigenvalue weighted by molar-refractivity contribution is 0.301. The Labute approximate surface area is 166 Å². The van der Waals surface area contributed by atoms with Gasteiger partial charge in [0.1, 0.15) is 0 Å². The average molecular weight is 374 g/mol. The SMILES string of the molecule is COc1cnccc1NCCCN1CC=C(c2cccc3ccccc23)CC1. The number of hydrogen-bond acceptors (Lipinski definition) is 4. The predicted octanol–water partition coefficient (Wildman–Crippen LogP) is 4.83. The van der Waals surface area contributed by atoms with Crippen LogP contribution in [0.3, 0.4) is 0 Å². The maximum Gasteiger partial charge on any atom is 0.160 e. The van der Waals surface area contributed by atoms with E-state index in [1.54, 1.807) is 19.5 Å². The van der Waals surface area contributed by atoms with Crippen molar-refractivity contribution in [3.05, 3.63) is 72.6 Å². The molecule has 1 N–H and O–H groups in total. The predicted molar refractivity (Wildman–Crippen MR) is 117 cm³/mol. The standard InChI is InChI=1S/C24H27N3O/c1-28-24-18-25-14-10-23(24)26-13-5-15-27-16-11-20(12-17-27)22-9-4-7-19-6-2-3-8-21(19)22/h2-4,6-11,14,18H,5,12-13,15-17H2,1H3,(H,25,26). The van der Waals surface area contributed by atoms with Gasteiger partial charge in [0.05, 0.1) is 19.0 Å². The number of anilines is 1. The molecule has 0 spiro atoms. The highest BCUT2D eigenvalue weighted by molar-refractivity contribution is 5.94. The summed E-state index contributed by atoms with van der Waals surface area (Å²) in [5.74, 6) is 0.795. The Morgan fingerprint density at radius 3 is 2.86 bits per heavy atom. The summed E-state index contributed by atoms with van der Waals surface area (Å²) in [6, 6.07) is 17.2. The van der Waals surface area contributed by atoms with Crippen molar-refractivity contribution in [2.75, 3.05) is 38.6 Å². The molecule has 4 heteroatoms. The average Bonchev–Trinajstić information content (AvgIpc) is 2.77. The molecule has 0 amide bonds. The van der Waals surface area contributed by atoms with Crippen LogP contribution in [0.2, 0.25) is 0 Å². The number of ether oxygens (including phenoxy) is 1. The summed E-state index contributed by atoms with van der Waals surface area (Å²) in [6.45, 7) is 4.17. The first-order chi connectivity index (χ1) is 13.8. The molecule has 4 rings (SSSR count). The molecule has 0 saturated carbocycles. The molecule has 2 aromatic carbocycles. The van der Waals surface area contributed by atoms with Gasteiger partial charge >= 0.3 is 0 Å². The monoisotopic (exact) mass is 373 g/mol. The van der Waals surface area contributed by atoms with E-state index in [-0.39, 0.29) is 0 Å². The Morgan fingerprint density at radius 1 is 1.11 bits per heavy atom. The van der Waals surface area contributed by atoms with Crippen molar-refractivity contribution in [1.29, 1.82) is 0 Å². The van der Waals surface area contributed by atoms with Crippen LogP contribution in [-0.2, 0) is 0 Å². The van der Waals surface area contributed by atoms with E-state index in [0.717, 1.165) is 50.5 Å². The number of rotatable bonds is 7. The Morgan fingerprint density at radius 2 is 2.00 bits per heavy atom. The van der Waals surface area contributed by atoms with Crippen LogP contribution in [0.4, 0.5) is 5.69 Å². The summed E-state index contributed by atoms with van der Waals surface area (Å²) in [7, 11) is 1.68. The number of pyridine rings is 1. The van der Waals surface area contributed by atoms with Gasteiger partial charge in [-0.1, -0.05) is 48.5 Å². The Hall–Kier alpha value is -2.85. The van der Waals surface area contributed by atoms with Crippen LogP contribution in [0.5, 0.6) is 5.75 Å². The molecule has 0 aliphatic carbocycles. The van der Waals surface area contributed by atoms with Gasteiger partial charge in [0.15, 0.2) is 5.75 Å². The first kappa shape index (κ1) is 18.5. The van der Waals surface area contributed by atoms with Crippen molar-refractivity contribution in [1.82, 2.24) is 9.88 Å². The van der Waals surface area contributed by atoms with E-state index >= 15 is 0 Å². The van der Waals surface area contributed by atoms with Crippen LogP contribution in [0.15, 0.2) is 67.0 Å². The highest BCUT2D eigenvalue weighted by atomic mass is 16.5. The molecule has 1 aliphatic rings. The highest BCUT2D eigenvalue weighted by Gasteiger charge is 2.14. The minimum atomic E-state index is 0.795. The van der Waals surface area contributed by atoms with Gasteiger partial charge in [0, 0.05) is 32.4 Å². The second kappa shape index (κ2) is 8.89. The van der Waals surface area contributed by atoms with E-state index in [0.29, 0.717) is 0 Å². The fraction of sp³-hybridized carbons (Fsp3) is 0.292. The third-order valence-corrected chi connectivity index (χ3v) is 5.40. The zero-order valence-corrected chi connectivity index (χ0v) is 16.4. The van der Waals surface area contributed by atoms with E-state index in [1.165, 1.54) is 21.9 Å². The van der Waals surface area contributed by atoms with E-state index in [2.05, 4.69) is 63.7 Å². The van der Waals surface area contributed by atoms with Gasteiger partial charge in [-0.25, -0.2) is 0 Å². The first-order valence-electron chi connectivity index (χ1n) is 9.96. The minimum Gasteiger partial charge on any atom is -0.493 e. The Kier molecular flexibility index (Phi) is 5.88. The van der Waals surface area contributed by atoms with Gasteiger partial charge < -0.3 is 10.1 Å². The van der Waals surface area contributed by atoms with Crippen LogP contribution >= 0.6 is 0 Å². The summed E-state index contributed by atoms with van der Waals surface area (Å²) in [6.07, 6.45) is 8.15. The second-order valence-corrected chi connectivity index (χ2v) is 7.16. The molecule has 1 aliphatic heterocycles. The van der Waals surface area contributed by atoms with Crippen molar-refractivity contribution >= 4 is 22.0 Å². The maximum atomic E-state index is 5.33. The molecule has 0 atom stereocenters. The zero-order chi connectivity index (χ0) is 19.2. The van der Waals surface area contributed by atoms with Crippen molar-refractivity contribution in [3.8, 4) is 5.75 Å². The molecular formula is C24H27N3O. The Balaban J connectivity index is 1.31. The second-order valence-electron chi connectivity index (χ2n) is 7.16. The summed E-state index contributed by atoms with van der Waals surface area (Å²) in [5.41, 5.74) is 3.88. The van der Waals surface area contributed by atoms with Gasteiger partial charge in [-0.2, -0.15) is 0 Å². The van der Waals surface area contributed by atoms with Gasteiger partial charge in [0.2, 0.25) is 0 Å². The van der Waals surface area contributed by atoms with E-state index < -0.39 is 0 Å². The lowest BCUT2D eigenvalue weighted by Gasteiger charge is -2.27. The molecule has 144 valence electrons. The van der Waals surface area contributed by atoms with Crippen molar-refractivity contribution in [2.45, 2.75) is 12.8 Å². The van der Waals surface area contributed by atoms with Gasteiger partial charge in [0.25, 0.3) is 0 Å². The fourth-order valence-electron chi connectivity index (χ4n) is 3.88. The van der Waals surface area contributed by atoms with Gasteiger partial charge in [-0.3, -0.25) is 9.88 Å². The molecule has 2 heterocycles. The van der Waals surface area contributed by atoms with Crippen LogP contribution in [-0.4, -0.2) is 43.2 Å². The van der Waals surface area contributed by atoms with Crippen LogP contribution in [0.1, 0.15) is 18.4 Å². The quantitative estimate of drug-likeness (QED) is 0.602. The number of aromatic nitrogens is 1. The first-order valence-corrected chi connectivity index (χ1v) is 9.96. The zero-order valence-electron chi connectivity index (χ0n) is 16.4. The largest absolute Gasteiger partial charge is 0.493 e. The van der Waals surface area contributed by atoms with Crippen LogP contribution in [0.25, 0.3) is 16.3 Å². The van der Waals surface area contributed by atoms with E-state index in [1.807, 2.05) is 6.07 Å². The third-order valence-electron chi connectivity index (χ3n) is 5.40. The molecule has 0 saturated heterocycles. The molecule has 1 aromatic heterocycles. The van der Waals surface area contributed by atoms with Gasteiger partial charge in [-0.05, 0) is 40.8 Å². The van der Waals surface area contributed by atoms with Gasteiger partial charge in [-0.15, -0.1) is 0 Å². The molecule has 0 bridgehead atoms. The molecule has 28 heavy (non-hydrogen) atoms. The van der Waals surface area contributed by atoms with E-state index in [4.69, 9.17) is 4.74 Å². The number of hydrogen-bond donors (Lipinski definition) is 1. The normalized spacial score (nSPS) is 14.7. The minimum absolute atomic E-state index is 0.795. The fourth-order valence-corrected chi connectivity index (χ4v) is 3.88. The van der Waals surface area contributed by atoms with Crippen molar-refractivity contribution in [3.63, 3.8) is 0 Å². The topological polar surface area (TPSA) is 37.4 Å². The smallest absolute Gasteiger partial charge is 0.160 e. The lowest BCUT2D eigenvalue weighted by Crippen LogP contribution is -2.30. The third kappa shape index (κ3) is 4.18. The number of methoxy groups -OCH3 is 1. The van der Waals surface area contributed by atoms with Crippen molar-refractivity contribution in [2.24, 2.45) is 0 Å². The summed E-state index contributed by atoms with van der Waals surface area (Å²) in [4.78, 5) is 6.62.